The molecule has 0 bridgehead atoms. The highest BCUT2D eigenvalue weighted by Gasteiger charge is 2.43. The zero-order valence-corrected chi connectivity index (χ0v) is 12.2. The van der Waals surface area contributed by atoms with Gasteiger partial charge >= 0.3 is 0 Å². The number of thioether (sulfide) groups is 1. The second kappa shape index (κ2) is 4.81. The molecule has 2 heterocycles. The maximum absolute atomic E-state index is 12.4. The van der Waals surface area contributed by atoms with Gasteiger partial charge in [-0.2, -0.15) is 0 Å². The minimum Gasteiger partial charge on any atom is -0.341 e. The van der Waals surface area contributed by atoms with Crippen molar-refractivity contribution in [2.24, 2.45) is 11.8 Å². The highest BCUT2D eigenvalue weighted by Crippen LogP contribution is 2.34. The summed E-state index contributed by atoms with van der Waals surface area (Å²) in [5.41, 5.74) is 0. The highest BCUT2D eigenvalue weighted by atomic mass is 32.2. The molecular weight excluding hydrogens is 232 g/mol. The molecule has 0 radical (unpaired) electrons. The lowest BCUT2D eigenvalue weighted by molar-refractivity contribution is -0.132. The number of carbonyl (C=O) groups excluding carboxylic acids is 1. The van der Waals surface area contributed by atoms with Gasteiger partial charge in [0.2, 0.25) is 5.91 Å². The molecular formula is C13H24N2OS. The van der Waals surface area contributed by atoms with Gasteiger partial charge in [0.05, 0.1) is 4.75 Å². The fourth-order valence-corrected chi connectivity index (χ4v) is 3.29. The summed E-state index contributed by atoms with van der Waals surface area (Å²) in [7, 11) is 0. The number of rotatable bonds is 3. The first-order valence-corrected chi connectivity index (χ1v) is 7.77. The van der Waals surface area contributed by atoms with Gasteiger partial charge in [-0.1, -0.05) is 6.92 Å². The Morgan fingerprint density at radius 2 is 1.76 bits per heavy atom. The van der Waals surface area contributed by atoms with Crippen LogP contribution in [0.25, 0.3) is 0 Å². The van der Waals surface area contributed by atoms with E-state index in [0.717, 1.165) is 31.5 Å². The molecule has 0 spiro atoms. The van der Waals surface area contributed by atoms with Gasteiger partial charge in [-0.25, -0.2) is 0 Å². The van der Waals surface area contributed by atoms with E-state index < -0.39 is 0 Å². The molecule has 2 aliphatic rings. The molecule has 98 valence electrons. The molecule has 2 aliphatic heterocycles. The van der Waals surface area contributed by atoms with Crippen molar-refractivity contribution in [3.05, 3.63) is 0 Å². The van der Waals surface area contributed by atoms with Gasteiger partial charge in [0, 0.05) is 26.2 Å². The maximum Gasteiger partial charge on any atom is 0.238 e. The Kier molecular flexibility index (Phi) is 3.74. The summed E-state index contributed by atoms with van der Waals surface area (Å²) in [6.07, 6.45) is 2.02. The lowest BCUT2D eigenvalue weighted by atomic mass is 10.0. The second-order valence-corrected chi connectivity index (χ2v) is 7.23. The molecule has 0 aromatic carbocycles. The molecule has 3 nitrogen and oxygen atoms in total. The van der Waals surface area contributed by atoms with Crippen molar-refractivity contribution in [3.63, 3.8) is 0 Å². The standard InChI is InChI=1S/C13H24N2OS/c1-5-14-6-10-8-15(9-11(10)7-14)12(16)13(2,3)17-4/h10-11H,5-9H2,1-4H3. The highest BCUT2D eigenvalue weighted by molar-refractivity contribution is 8.00. The summed E-state index contributed by atoms with van der Waals surface area (Å²) in [4.78, 5) is 17.0. The van der Waals surface area contributed by atoms with Crippen LogP contribution in [0.5, 0.6) is 0 Å². The quantitative estimate of drug-likeness (QED) is 0.765. The van der Waals surface area contributed by atoms with Crippen molar-refractivity contribution in [3.8, 4) is 0 Å². The monoisotopic (exact) mass is 256 g/mol. The number of carbonyl (C=O) groups is 1. The predicted molar refractivity (Wildman–Crippen MR) is 73.3 cm³/mol. The molecule has 0 aliphatic carbocycles. The average Bonchev–Trinajstić information content (AvgIpc) is 2.84. The number of likely N-dealkylation sites (tertiary alicyclic amines) is 2. The van der Waals surface area contributed by atoms with Crippen LogP contribution >= 0.6 is 11.8 Å². The Balaban J connectivity index is 1.95. The Morgan fingerprint density at radius 3 is 2.18 bits per heavy atom. The summed E-state index contributed by atoms with van der Waals surface area (Å²) in [6, 6.07) is 0. The summed E-state index contributed by atoms with van der Waals surface area (Å²) in [5, 5.41) is 0. The summed E-state index contributed by atoms with van der Waals surface area (Å²) in [5.74, 6) is 1.76. The molecule has 2 atom stereocenters. The third-order valence-electron chi connectivity index (χ3n) is 4.32. The number of amides is 1. The molecule has 2 fully saturated rings. The molecule has 1 amide bonds. The van der Waals surface area contributed by atoms with Crippen molar-refractivity contribution in [1.82, 2.24) is 9.80 Å². The Hall–Kier alpha value is -0.220. The van der Waals surface area contributed by atoms with Crippen molar-refractivity contribution in [2.45, 2.75) is 25.5 Å². The molecule has 2 rings (SSSR count). The summed E-state index contributed by atoms with van der Waals surface area (Å²) < 4.78 is -0.261. The second-order valence-electron chi connectivity index (χ2n) is 5.80. The lowest BCUT2D eigenvalue weighted by Gasteiger charge is -2.28. The van der Waals surface area contributed by atoms with E-state index in [2.05, 4.69) is 16.7 Å². The van der Waals surface area contributed by atoms with Crippen LogP contribution in [0.15, 0.2) is 0 Å². The zero-order chi connectivity index (χ0) is 12.6. The topological polar surface area (TPSA) is 23.6 Å². The van der Waals surface area contributed by atoms with Crippen LogP contribution in [0.3, 0.4) is 0 Å². The van der Waals surface area contributed by atoms with E-state index in [4.69, 9.17) is 0 Å². The number of fused-ring (bicyclic) bond motifs is 1. The zero-order valence-electron chi connectivity index (χ0n) is 11.4. The van der Waals surface area contributed by atoms with Gasteiger partial charge in [0.1, 0.15) is 0 Å². The van der Waals surface area contributed by atoms with Crippen molar-refractivity contribution < 1.29 is 4.79 Å². The van der Waals surface area contributed by atoms with Crippen LogP contribution in [0.2, 0.25) is 0 Å². The van der Waals surface area contributed by atoms with Gasteiger partial charge in [-0.05, 0) is 38.5 Å². The molecule has 0 N–H and O–H groups in total. The Labute approximate surface area is 109 Å². The number of nitrogens with zero attached hydrogens (tertiary/aromatic N) is 2. The molecule has 17 heavy (non-hydrogen) atoms. The first kappa shape index (κ1) is 13.2. The van der Waals surface area contributed by atoms with Gasteiger partial charge in [0.15, 0.2) is 0 Å². The molecule has 0 aromatic rings. The fourth-order valence-electron chi connectivity index (χ4n) is 2.98. The lowest BCUT2D eigenvalue weighted by Crippen LogP contribution is -2.43. The fraction of sp³-hybridized carbons (Fsp3) is 0.923. The third kappa shape index (κ3) is 2.48. The summed E-state index contributed by atoms with van der Waals surface area (Å²) >= 11 is 1.65. The van der Waals surface area contributed by atoms with Gasteiger partial charge in [0.25, 0.3) is 0 Å². The number of hydrogen-bond donors (Lipinski definition) is 0. The summed E-state index contributed by atoms with van der Waals surface area (Å²) in [6.45, 7) is 11.8. The van der Waals surface area contributed by atoms with Crippen LogP contribution in [0.1, 0.15) is 20.8 Å². The predicted octanol–water partition coefficient (Wildman–Crippen LogP) is 1.54. The molecule has 0 saturated carbocycles. The SMILES string of the molecule is CCN1CC2CN(C(=O)C(C)(C)SC)CC2C1. The third-order valence-corrected chi connectivity index (χ3v) is 5.52. The van der Waals surface area contributed by atoms with Gasteiger partial charge in [-0.15, -0.1) is 11.8 Å². The van der Waals surface area contributed by atoms with Gasteiger partial charge < -0.3 is 9.80 Å². The first-order chi connectivity index (χ1) is 7.97. The van der Waals surface area contributed by atoms with E-state index in [0.29, 0.717) is 5.91 Å². The molecule has 2 unspecified atom stereocenters. The van der Waals surface area contributed by atoms with Crippen molar-refractivity contribution >= 4 is 17.7 Å². The van der Waals surface area contributed by atoms with Crippen molar-refractivity contribution in [1.29, 1.82) is 0 Å². The maximum atomic E-state index is 12.4. The van der Waals surface area contributed by atoms with E-state index >= 15 is 0 Å². The van der Waals surface area contributed by atoms with Crippen LogP contribution in [-0.2, 0) is 4.79 Å². The van der Waals surface area contributed by atoms with E-state index in [-0.39, 0.29) is 4.75 Å². The first-order valence-electron chi connectivity index (χ1n) is 6.54. The molecule has 4 heteroatoms. The van der Waals surface area contributed by atoms with Crippen LogP contribution in [-0.4, -0.2) is 59.4 Å². The smallest absolute Gasteiger partial charge is 0.238 e. The van der Waals surface area contributed by atoms with E-state index in [9.17, 15) is 4.79 Å². The Morgan fingerprint density at radius 1 is 1.24 bits per heavy atom. The number of hydrogen-bond acceptors (Lipinski definition) is 3. The molecule has 0 aromatic heterocycles. The van der Waals surface area contributed by atoms with E-state index in [1.165, 1.54) is 13.1 Å². The van der Waals surface area contributed by atoms with Crippen LogP contribution < -0.4 is 0 Å². The van der Waals surface area contributed by atoms with E-state index in [1.807, 2.05) is 20.1 Å². The average molecular weight is 256 g/mol. The van der Waals surface area contributed by atoms with E-state index in [1.54, 1.807) is 11.8 Å². The molecule has 2 saturated heterocycles. The Bertz CT molecular complexity index is 292. The normalized spacial score (nSPS) is 29.8. The minimum absolute atomic E-state index is 0.261. The van der Waals surface area contributed by atoms with Crippen LogP contribution in [0, 0.1) is 11.8 Å². The van der Waals surface area contributed by atoms with Gasteiger partial charge in [-0.3, -0.25) is 4.79 Å². The minimum atomic E-state index is -0.261. The largest absolute Gasteiger partial charge is 0.341 e. The van der Waals surface area contributed by atoms with Crippen LogP contribution in [0.4, 0.5) is 0 Å². The van der Waals surface area contributed by atoms with Crippen molar-refractivity contribution in [2.75, 3.05) is 39.0 Å².